The van der Waals surface area contributed by atoms with E-state index >= 15 is 0 Å². The second kappa shape index (κ2) is 6.47. The van der Waals surface area contributed by atoms with Gasteiger partial charge in [-0.25, -0.2) is 0 Å². The van der Waals surface area contributed by atoms with E-state index in [4.69, 9.17) is 4.74 Å². The number of nitrogens with one attached hydrogen (secondary N) is 1. The molecule has 0 aliphatic rings. The highest BCUT2D eigenvalue weighted by molar-refractivity contribution is 5.58. The molecule has 0 aliphatic carbocycles. The summed E-state index contributed by atoms with van der Waals surface area (Å²) in [5.41, 5.74) is 6.21. The fourth-order valence-corrected chi connectivity index (χ4v) is 2.29. The van der Waals surface area contributed by atoms with Crippen LogP contribution in [0.25, 0.3) is 0 Å². The van der Waals surface area contributed by atoms with Crippen LogP contribution in [0, 0.1) is 20.8 Å². The maximum absolute atomic E-state index is 5.69. The van der Waals surface area contributed by atoms with Crippen molar-refractivity contribution in [3.05, 3.63) is 58.7 Å². The summed E-state index contributed by atoms with van der Waals surface area (Å²) in [6.07, 6.45) is 0. The van der Waals surface area contributed by atoms with Gasteiger partial charge in [0.1, 0.15) is 5.75 Å². The maximum atomic E-state index is 5.69. The summed E-state index contributed by atoms with van der Waals surface area (Å²) in [7, 11) is 0. The zero-order valence-electron chi connectivity index (χ0n) is 12.8. The van der Waals surface area contributed by atoms with Crippen LogP contribution in [-0.2, 0) is 6.54 Å². The molecule has 0 fully saturated rings. The van der Waals surface area contributed by atoms with Crippen LogP contribution < -0.4 is 10.1 Å². The van der Waals surface area contributed by atoms with Gasteiger partial charge in [-0.15, -0.1) is 0 Å². The Labute approximate surface area is 121 Å². The third kappa shape index (κ3) is 3.53. The van der Waals surface area contributed by atoms with E-state index in [9.17, 15) is 0 Å². The zero-order chi connectivity index (χ0) is 14.5. The standard InChI is InChI=1S/C18H23NO/c1-5-20-18-11-14(3)7-9-17(18)19-12-16-8-6-13(2)10-15(16)4/h6-11,19H,5,12H2,1-4H3. The minimum Gasteiger partial charge on any atom is -0.492 e. The molecule has 0 saturated carbocycles. The van der Waals surface area contributed by atoms with Crippen molar-refractivity contribution in [2.75, 3.05) is 11.9 Å². The first-order valence-electron chi connectivity index (χ1n) is 7.13. The smallest absolute Gasteiger partial charge is 0.142 e. The lowest BCUT2D eigenvalue weighted by Gasteiger charge is -2.14. The molecule has 0 bridgehead atoms. The van der Waals surface area contributed by atoms with Gasteiger partial charge < -0.3 is 10.1 Å². The summed E-state index contributed by atoms with van der Waals surface area (Å²) < 4.78 is 5.69. The molecule has 20 heavy (non-hydrogen) atoms. The molecule has 2 aromatic carbocycles. The SMILES string of the molecule is CCOc1cc(C)ccc1NCc1ccc(C)cc1C. The highest BCUT2D eigenvalue weighted by Gasteiger charge is 2.05. The van der Waals surface area contributed by atoms with Gasteiger partial charge >= 0.3 is 0 Å². The molecule has 0 aromatic heterocycles. The first-order valence-corrected chi connectivity index (χ1v) is 7.13. The molecule has 0 unspecified atom stereocenters. The summed E-state index contributed by atoms with van der Waals surface area (Å²) in [5, 5.41) is 3.48. The van der Waals surface area contributed by atoms with Crippen molar-refractivity contribution in [1.29, 1.82) is 0 Å². The number of anilines is 1. The van der Waals surface area contributed by atoms with Crippen LogP contribution in [-0.4, -0.2) is 6.61 Å². The van der Waals surface area contributed by atoms with Crippen molar-refractivity contribution < 1.29 is 4.74 Å². The Morgan fingerprint density at radius 2 is 1.65 bits per heavy atom. The Kier molecular flexibility index (Phi) is 4.67. The van der Waals surface area contributed by atoms with E-state index in [0.29, 0.717) is 6.61 Å². The van der Waals surface area contributed by atoms with Gasteiger partial charge in [0.05, 0.1) is 12.3 Å². The van der Waals surface area contributed by atoms with E-state index in [1.54, 1.807) is 0 Å². The van der Waals surface area contributed by atoms with Crippen LogP contribution in [0.4, 0.5) is 5.69 Å². The summed E-state index contributed by atoms with van der Waals surface area (Å²) in [6, 6.07) is 12.8. The molecule has 2 nitrogen and oxygen atoms in total. The lowest BCUT2D eigenvalue weighted by Crippen LogP contribution is -2.04. The molecular formula is C18H23NO. The molecule has 0 heterocycles. The molecule has 2 heteroatoms. The zero-order valence-corrected chi connectivity index (χ0v) is 12.8. The minimum atomic E-state index is 0.682. The van der Waals surface area contributed by atoms with Gasteiger partial charge in [0, 0.05) is 6.54 Å². The average molecular weight is 269 g/mol. The molecular weight excluding hydrogens is 246 g/mol. The Balaban J connectivity index is 2.14. The normalized spacial score (nSPS) is 10.4. The summed E-state index contributed by atoms with van der Waals surface area (Å²) >= 11 is 0. The highest BCUT2D eigenvalue weighted by Crippen LogP contribution is 2.26. The third-order valence-electron chi connectivity index (χ3n) is 3.40. The average Bonchev–Trinajstić information content (AvgIpc) is 2.40. The Morgan fingerprint density at radius 1 is 0.950 bits per heavy atom. The number of rotatable bonds is 5. The number of ether oxygens (including phenoxy) is 1. The highest BCUT2D eigenvalue weighted by atomic mass is 16.5. The van der Waals surface area contributed by atoms with Crippen LogP contribution in [0.5, 0.6) is 5.75 Å². The topological polar surface area (TPSA) is 21.3 Å². The van der Waals surface area contributed by atoms with Crippen LogP contribution in [0.3, 0.4) is 0 Å². The van der Waals surface area contributed by atoms with E-state index in [0.717, 1.165) is 18.0 Å². The summed E-state index contributed by atoms with van der Waals surface area (Å²) in [4.78, 5) is 0. The summed E-state index contributed by atoms with van der Waals surface area (Å²) in [6.45, 7) is 9.86. The van der Waals surface area contributed by atoms with Gasteiger partial charge in [-0.3, -0.25) is 0 Å². The Morgan fingerprint density at radius 3 is 2.35 bits per heavy atom. The lowest BCUT2D eigenvalue weighted by atomic mass is 10.1. The second-order valence-corrected chi connectivity index (χ2v) is 5.22. The van der Waals surface area contributed by atoms with Gasteiger partial charge in [-0.2, -0.15) is 0 Å². The van der Waals surface area contributed by atoms with Crippen molar-refractivity contribution in [3.8, 4) is 5.75 Å². The van der Waals surface area contributed by atoms with Crippen LogP contribution >= 0.6 is 0 Å². The van der Waals surface area contributed by atoms with Gasteiger partial charge in [-0.05, 0) is 56.5 Å². The van der Waals surface area contributed by atoms with Crippen molar-refractivity contribution in [2.45, 2.75) is 34.2 Å². The summed E-state index contributed by atoms with van der Waals surface area (Å²) in [5.74, 6) is 0.928. The first-order chi connectivity index (χ1) is 9.60. The van der Waals surface area contributed by atoms with E-state index in [1.165, 1.54) is 22.3 Å². The van der Waals surface area contributed by atoms with E-state index in [1.807, 2.05) is 6.92 Å². The van der Waals surface area contributed by atoms with Gasteiger partial charge in [-0.1, -0.05) is 29.8 Å². The number of aryl methyl sites for hydroxylation is 3. The molecule has 0 spiro atoms. The molecule has 0 saturated heterocycles. The van der Waals surface area contributed by atoms with Gasteiger partial charge in [0.25, 0.3) is 0 Å². The van der Waals surface area contributed by atoms with Crippen molar-refractivity contribution in [3.63, 3.8) is 0 Å². The van der Waals surface area contributed by atoms with Crippen molar-refractivity contribution in [2.24, 2.45) is 0 Å². The van der Waals surface area contributed by atoms with Crippen LogP contribution in [0.2, 0.25) is 0 Å². The molecule has 2 aromatic rings. The van der Waals surface area contributed by atoms with E-state index in [-0.39, 0.29) is 0 Å². The quantitative estimate of drug-likeness (QED) is 0.855. The third-order valence-corrected chi connectivity index (χ3v) is 3.40. The lowest BCUT2D eigenvalue weighted by molar-refractivity contribution is 0.341. The molecule has 0 atom stereocenters. The second-order valence-electron chi connectivity index (χ2n) is 5.22. The number of benzene rings is 2. The number of hydrogen-bond donors (Lipinski definition) is 1. The Hall–Kier alpha value is -1.96. The van der Waals surface area contributed by atoms with Crippen LogP contribution in [0.15, 0.2) is 36.4 Å². The van der Waals surface area contributed by atoms with Gasteiger partial charge in [0.15, 0.2) is 0 Å². The maximum Gasteiger partial charge on any atom is 0.142 e. The van der Waals surface area contributed by atoms with Crippen molar-refractivity contribution in [1.82, 2.24) is 0 Å². The molecule has 0 amide bonds. The Bertz CT molecular complexity index is 590. The monoisotopic (exact) mass is 269 g/mol. The number of hydrogen-bond acceptors (Lipinski definition) is 2. The predicted molar refractivity (Wildman–Crippen MR) is 85.6 cm³/mol. The molecule has 0 radical (unpaired) electrons. The largest absolute Gasteiger partial charge is 0.492 e. The first kappa shape index (κ1) is 14.4. The fraction of sp³-hybridized carbons (Fsp3) is 0.333. The molecule has 106 valence electrons. The molecule has 2 rings (SSSR count). The van der Waals surface area contributed by atoms with Crippen LogP contribution in [0.1, 0.15) is 29.2 Å². The fourth-order valence-electron chi connectivity index (χ4n) is 2.29. The van der Waals surface area contributed by atoms with E-state index < -0.39 is 0 Å². The minimum absolute atomic E-state index is 0.682. The molecule has 0 aliphatic heterocycles. The predicted octanol–water partition coefficient (Wildman–Crippen LogP) is 4.62. The van der Waals surface area contributed by atoms with E-state index in [2.05, 4.69) is 62.5 Å². The van der Waals surface area contributed by atoms with Gasteiger partial charge in [0.2, 0.25) is 0 Å². The molecule has 1 N–H and O–H groups in total. The van der Waals surface area contributed by atoms with Crippen molar-refractivity contribution >= 4 is 5.69 Å².